The molecule has 0 saturated carbocycles. The lowest BCUT2D eigenvalue weighted by Crippen LogP contribution is -2.26. The number of thioether (sulfide) groups is 1. The molecule has 1 aromatic carbocycles. The van der Waals surface area contributed by atoms with E-state index in [1.807, 2.05) is 54.2 Å². The maximum Gasteiger partial charge on any atom is 0.269 e. The Hall–Kier alpha value is -3.00. The molecular formula is C18H17N5O2S. The zero-order valence-corrected chi connectivity index (χ0v) is 14.9. The Kier molecular flexibility index (Phi) is 4.49. The molecule has 2 N–H and O–H groups in total. The molecule has 0 unspecified atom stereocenters. The van der Waals surface area contributed by atoms with E-state index in [2.05, 4.69) is 20.5 Å². The molecular weight excluding hydrogens is 350 g/mol. The molecule has 0 spiro atoms. The number of para-hydroxylation sites is 2. The maximum atomic E-state index is 12.2. The third kappa shape index (κ3) is 3.36. The maximum absolute atomic E-state index is 12.2. The minimum atomic E-state index is -0.184. The molecule has 26 heavy (non-hydrogen) atoms. The first-order chi connectivity index (χ1) is 12.7. The highest BCUT2D eigenvalue weighted by molar-refractivity contribution is 7.99. The number of H-pyrrole nitrogens is 1. The highest BCUT2D eigenvalue weighted by Gasteiger charge is 2.12. The predicted octanol–water partition coefficient (Wildman–Crippen LogP) is 3.08. The Morgan fingerprint density at radius 1 is 1.31 bits per heavy atom. The Labute approximate surface area is 153 Å². The van der Waals surface area contributed by atoms with Crippen LogP contribution in [-0.2, 0) is 7.05 Å². The highest BCUT2D eigenvalue weighted by atomic mass is 32.2. The predicted molar refractivity (Wildman–Crippen MR) is 100 cm³/mol. The van der Waals surface area contributed by atoms with Crippen molar-refractivity contribution < 1.29 is 9.21 Å². The van der Waals surface area contributed by atoms with E-state index in [0.29, 0.717) is 23.2 Å². The van der Waals surface area contributed by atoms with Crippen molar-refractivity contribution in [1.82, 2.24) is 25.1 Å². The molecule has 8 heteroatoms. The van der Waals surface area contributed by atoms with E-state index in [9.17, 15) is 4.79 Å². The monoisotopic (exact) mass is 367 g/mol. The van der Waals surface area contributed by atoms with Crippen LogP contribution in [0.25, 0.3) is 22.5 Å². The van der Waals surface area contributed by atoms with E-state index in [1.54, 1.807) is 6.07 Å². The Morgan fingerprint density at radius 3 is 3.00 bits per heavy atom. The third-order valence-corrected chi connectivity index (χ3v) is 4.75. The van der Waals surface area contributed by atoms with Gasteiger partial charge < -0.3 is 14.3 Å². The number of oxazole rings is 1. The van der Waals surface area contributed by atoms with Crippen LogP contribution in [0.1, 0.15) is 10.5 Å². The number of aryl methyl sites for hydroxylation is 1. The molecule has 0 aliphatic carbocycles. The van der Waals surface area contributed by atoms with Crippen molar-refractivity contribution in [1.29, 1.82) is 0 Å². The summed E-state index contributed by atoms with van der Waals surface area (Å²) in [6, 6.07) is 13.3. The summed E-state index contributed by atoms with van der Waals surface area (Å²) in [6.07, 6.45) is 1.94. The number of amides is 1. The lowest BCUT2D eigenvalue weighted by Gasteiger charge is -2.01. The number of nitrogens with one attached hydrogen (secondary N) is 2. The van der Waals surface area contributed by atoms with Gasteiger partial charge in [-0.3, -0.25) is 9.89 Å². The van der Waals surface area contributed by atoms with Gasteiger partial charge in [0.15, 0.2) is 5.58 Å². The number of aromatic nitrogens is 4. The van der Waals surface area contributed by atoms with Gasteiger partial charge in [0.05, 0.1) is 5.69 Å². The van der Waals surface area contributed by atoms with Crippen molar-refractivity contribution in [3.05, 3.63) is 54.4 Å². The van der Waals surface area contributed by atoms with E-state index in [0.717, 1.165) is 22.5 Å². The second-order valence-electron chi connectivity index (χ2n) is 5.72. The van der Waals surface area contributed by atoms with Gasteiger partial charge >= 0.3 is 0 Å². The Bertz CT molecular complexity index is 1020. The van der Waals surface area contributed by atoms with Crippen LogP contribution in [0.3, 0.4) is 0 Å². The number of fused-ring (bicyclic) bond motifs is 1. The fourth-order valence-corrected chi connectivity index (χ4v) is 3.30. The quantitative estimate of drug-likeness (QED) is 0.404. The van der Waals surface area contributed by atoms with E-state index in [-0.39, 0.29) is 5.91 Å². The van der Waals surface area contributed by atoms with Gasteiger partial charge in [0.1, 0.15) is 16.9 Å². The summed E-state index contributed by atoms with van der Waals surface area (Å²) in [4.78, 5) is 16.6. The van der Waals surface area contributed by atoms with Crippen LogP contribution >= 0.6 is 11.8 Å². The number of benzene rings is 1. The number of nitrogens with zero attached hydrogens (tertiary/aromatic N) is 3. The summed E-state index contributed by atoms with van der Waals surface area (Å²) in [6.45, 7) is 0.501. The van der Waals surface area contributed by atoms with Gasteiger partial charge in [0.2, 0.25) is 0 Å². The average molecular weight is 367 g/mol. The minimum absolute atomic E-state index is 0.184. The van der Waals surface area contributed by atoms with E-state index >= 15 is 0 Å². The molecule has 0 radical (unpaired) electrons. The normalized spacial score (nSPS) is 11.1. The van der Waals surface area contributed by atoms with Gasteiger partial charge in [0, 0.05) is 25.5 Å². The van der Waals surface area contributed by atoms with Gasteiger partial charge in [-0.1, -0.05) is 23.9 Å². The molecule has 0 atom stereocenters. The van der Waals surface area contributed by atoms with E-state index in [1.165, 1.54) is 11.8 Å². The number of hydrogen-bond donors (Lipinski definition) is 2. The zero-order chi connectivity index (χ0) is 17.9. The summed E-state index contributed by atoms with van der Waals surface area (Å²) in [7, 11) is 1.94. The summed E-state index contributed by atoms with van der Waals surface area (Å²) >= 11 is 1.47. The van der Waals surface area contributed by atoms with Gasteiger partial charge in [-0.15, -0.1) is 0 Å². The molecule has 0 bridgehead atoms. The highest BCUT2D eigenvalue weighted by Crippen LogP contribution is 2.22. The van der Waals surface area contributed by atoms with Crippen LogP contribution in [0.2, 0.25) is 0 Å². The molecule has 4 aromatic rings. The largest absolute Gasteiger partial charge is 0.431 e. The van der Waals surface area contributed by atoms with Crippen LogP contribution < -0.4 is 5.32 Å². The minimum Gasteiger partial charge on any atom is -0.431 e. The molecule has 3 aromatic heterocycles. The Balaban J connectivity index is 1.30. The van der Waals surface area contributed by atoms with Crippen LogP contribution in [0.15, 0.2) is 58.3 Å². The van der Waals surface area contributed by atoms with Gasteiger partial charge in [-0.2, -0.15) is 5.10 Å². The molecule has 3 heterocycles. The van der Waals surface area contributed by atoms with E-state index < -0.39 is 0 Å². The molecule has 4 rings (SSSR count). The standard InChI is InChI=1S/C18H17N5O2S/c1-23-9-4-6-15(23)13-11-14(22-21-13)17(24)19-8-10-26-18-20-12-5-2-3-7-16(12)25-18/h2-7,9,11H,8,10H2,1H3,(H,19,24)(H,21,22). The molecule has 1 amide bonds. The zero-order valence-electron chi connectivity index (χ0n) is 14.1. The number of aromatic amines is 1. The van der Waals surface area contributed by atoms with Gasteiger partial charge in [-0.05, 0) is 30.3 Å². The SMILES string of the molecule is Cn1cccc1-c1cc(C(=O)NCCSc2nc3ccccc3o2)[nH]n1. The smallest absolute Gasteiger partial charge is 0.269 e. The van der Waals surface area contributed by atoms with Crippen molar-refractivity contribution in [2.75, 3.05) is 12.3 Å². The molecule has 0 saturated heterocycles. The van der Waals surface area contributed by atoms with Crippen LogP contribution in [0, 0.1) is 0 Å². The second kappa shape index (κ2) is 7.09. The lowest BCUT2D eigenvalue weighted by molar-refractivity contribution is 0.0951. The fraction of sp³-hybridized carbons (Fsp3) is 0.167. The van der Waals surface area contributed by atoms with Crippen molar-refractivity contribution in [3.63, 3.8) is 0 Å². The molecule has 0 aliphatic heterocycles. The number of hydrogen-bond acceptors (Lipinski definition) is 5. The topological polar surface area (TPSA) is 88.7 Å². The van der Waals surface area contributed by atoms with Crippen molar-refractivity contribution >= 4 is 28.8 Å². The molecule has 132 valence electrons. The Morgan fingerprint density at radius 2 is 2.19 bits per heavy atom. The first-order valence-electron chi connectivity index (χ1n) is 8.14. The van der Waals surface area contributed by atoms with Crippen molar-refractivity contribution in [3.8, 4) is 11.4 Å². The van der Waals surface area contributed by atoms with Gasteiger partial charge in [0.25, 0.3) is 11.1 Å². The van der Waals surface area contributed by atoms with Crippen LogP contribution in [-0.4, -0.2) is 38.0 Å². The summed E-state index contributed by atoms with van der Waals surface area (Å²) in [5, 5.41) is 10.5. The van der Waals surface area contributed by atoms with Crippen LogP contribution in [0.5, 0.6) is 0 Å². The van der Waals surface area contributed by atoms with Crippen LogP contribution in [0.4, 0.5) is 0 Å². The average Bonchev–Trinajstić information content (AvgIpc) is 3.36. The summed E-state index contributed by atoms with van der Waals surface area (Å²) in [5.41, 5.74) is 3.73. The molecule has 7 nitrogen and oxygen atoms in total. The number of carbonyl (C=O) groups is 1. The third-order valence-electron chi connectivity index (χ3n) is 3.92. The second-order valence-corrected chi connectivity index (χ2v) is 6.77. The first-order valence-corrected chi connectivity index (χ1v) is 9.13. The summed E-state index contributed by atoms with van der Waals surface area (Å²) < 4.78 is 7.59. The van der Waals surface area contributed by atoms with Crippen molar-refractivity contribution in [2.45, 2.75) is 5.22 Å². The molecule has 0 fully saturated rings. The fourth-order valence-electron chi connectivity index (χ4n) is 2.61. The van der Waals surface area contributed by atoms with E-state index in [4.69, 9.17) is 4.42 Å². The first kappa shape index (κ1) is 16.5. The van der Waals surface area contributed by atoms with Crippen molar-refractivity contribution in [2.24, 2.45) is 7.05 Å². The number of rotatable bonds is 6. The summed E-state index contributed by atoms with van der Waals surface area (Å²) in [5.74, 6) is 0.480. The lowest BCUT2D eigenvalue weighted by atomic mass is 10.3. The number of carbonyl (C=O) groups excluding carboxylic acids is 1. The molecule has 0 aliphatic rings. The van der Waals surface area contributed by atoms with Gasteiger partial charge in [-0.25, -0.2) is 4.98 Å².